The Morgan fingerprint density at radius 2 is 1.82 bits per heavy atom. The van der Waals surface area contributed by atoms with Gasteiger partial charge in [-0.2, -0.15) is 5.11 Å². The standard InChI is InChI=1S/C10H15N3O4/c1-10(2,3)17-9(16)13-4-6(14)8(12-11)7(15)5-13/h8,11H,4-5H2,1-3H3. The first-order chi connectivity index (χ1) is 7.74. The van der Waals surface area contributed by atoms with Gasteiger partial charge in [0.15, 0.2) is 17.6 Å². The summed E-state index contributed by atoms with van der Waals surface area (Å²) in [6.07, 6.45) is -0.706. The summed E-state index contributed by atoms with van der Waals surface area (Å²) in [5.41, 5.74) is 6.04. The van der Waals surface area contributed by atoms with Gasteiger partial charge in [0, 0.05) is 0 Å². The van der Waals surface area contributed by atoms with Crippen LogP contribution in [0.1, 0.15) is 20.8 Å². The predicted molar refractivity (Wildman–Crippen MR) is 56.8 cm³/mol. The molecule has 17 heavy (non-hydrogen) atoms. The number of Topliss-reactive ketones (excluding diaryl/α,β-unsaturated/α-hetero) is 2. The third-order valence-electron chi connectivity index (χ3n) is 2.08. The van der Waals surface area contributed by atoms with Gasteiger partial charge < -0.3 is 4.74 Å². The zero-order valence-electron chi connectivity index (χ0n) is 10.0. The van der Waals surface area contributed by atoms with E-state index < -0.39 is 29.3 Å². The number of amides is 1. The van der Waals surface area contributed by atoms with Gasteiger partial charge in [-0.3, -0.25) is 14.5 Å². The van der Waals surface area contributed by atoms with E-state index >= 15 is 0 Å². The van der Waals surface area contributed by atoms with E-state index in [1.54, 1.807) is 20.8 Å². The molecule has 1 amide bonds. The molecule has 1 aliphatic rings. The van der Waals surface area contributed by atoms with Gasteiger partial charge in [-0.05, 0) is 20.8 Å². The lowest BCUT2D eigenvalue weighted by atomic mass is 10.0. The van der Waals surface area contributed by atoms with Crippen molar-refractivity contribution >= 4 is 17.7 Å². The number of carbonyl (C=O) groups excluding carboxylic acids is 3. The highest BCUT2D eigenvalue weighted by Gasteiger charge is 2.37. The Labute approximate surface area is 98.6 Å². The second-order valence-corrected chi connectivity index (χ2v) is 4.80. The average Bonchev–Trinajstić information content (AvgIpc) is 2.14. The monoisotopic (exact) mass is 241 g/mol. The highest BCUT2D eigenvalue weighted by atomic mass is 16.6. The number of hydrogen-bond acceptors (Lipinski definition) is 6. The van der Waals surface area contributed by atoms with E-state index in [1.807, 2.05) is 0 Å². The second-order valence-electron chi connectivity index (χ2n) is 4.80. The van der Waals surface area contributed by atoms with Crippen molar-refractivity contribution in [3.63, 3.8) is 0 Å². The Kier molecular flexibility index (Phi) is 3.59. The van der Waals surface area contributed by atoms with Crippen LogP contribution in [0.25, 0.3) is 0 Å². The minimum absolute atomic E-state index is 0.242. The number of ether oxygens (including phenoxy) is 1. The number of nitrogens with zero attached hydrogens (tertiary/aromatic N) is 2. The largest absolute Gasteiger partial charge is 0.444 e. The van der Waals surface area contributed by atoms with Crippen LogP contribution in [0.4, 0.5) is 4.79 Å². The number of likely N-dealkylation sites (tertiary alicyclic amines) is 1. The van der Waals surface area contributed by atoms with E-state index in [-0.39, 0.29) is 13.1 Å². The molecule has 1 N–H and O–H groups in total. The lowest BCUT2D eigenvalue weighted by Crippen LogP contribution is -2.52. The fraction of sp³-hybridized carbons (Fsp3) is 0.700. The third kappa shape index (κ3) is 3.33. The second kappa shape index (κ2) is 4.60. The number of rotatable bonds is 1. The van der Waals surface area contributed by atoms with Gasteiger partial charge in [0.2, 0.25) is 0 Å². The van der Waals surface area contributed by atoms with E-state index in [4.69, 9.17) is 10.3 Å². The van der Waals surface area contributed by atoms with Crippen LogP contribution in [0.3, 0.4) is 0 Å². The summed E-state index contributed by atoms with van der Waals surface area (Å²) in [5.74, 6) is -1.11. The molecule has 0 aromatic heterocycles. The van der Waals surface area contributed by atoms with Crippen molar-refractivity contribution in [1.82, 2.24) is 4.90 Å². The molecule has 0 spiro atoms. The first-order valence-corrected chi connectivity index (χ1v) is 5.14. The molecule has 1 saturated heterocycles. The topological polar surface area (TPSA) is 99.9 Å². The Morgan fingerprint density at radius 1 is 1.35 bits per heavy atom. The molecule has 0 unspecified atom stereocenters. The SMILES string of the molecule is CC(C)(C)OC(=O)N1CC(=O)C(N=N)C(=O)C1. The lowest BCUT2D eigenvalue weighted by molar-refractivity contribution is -0.134. The van der Waals surface area contributed by atoms with Crippen molar-refractivity contribution in [3.8, 4) is 0 Å². The normalized spacial score (nSPS) is 18.2. The molecule has 0 radical (unpaired) electrons. The van der Waals surface area contributed by atoms with Crippen LogP contribution in [0.2, 0.25) is 0 Å². The number of nitrogens with one attached hydrogen (secondary N) is 1. The summed E-state index contributed by atoms with van der Waals surface area (Å²) in [7, 11) is 0. The molecule has 1 aliphatic heterocycles. The Bertz CT molecular complexity index is 354. The van der Waals surface area contributed by atoms with Crippen molar-refractivity contribution in [2.24, 2.45) is 5.11 Å². The van der Waals surface area contributed by atoms with Crippen molar-refractivity contribution < 1.29 is 19.1 Å². The molecule has 0 aliphatic carbocycles. The zero-order chi connectivity index (χ0) is 13.2. The van der Waals surface area contributed by atoms with Crippen LogP contribution in [-0.4, -0.2) is 47.3 Å². The van der Waals surface area contributed by atoms with Gasteiger partial charge in [-0.15, -0.1) is 0 Å². The van der Waals surface area contributed by atoms with Crippen LogP contribution in [-0.2, 0) is 14.3 Å². The maximum absolute atomic E-state index is 11.6. The minimum Gasteiger partial charge on any atom is -0.444 e. The van der Waals surface area contributed by atoms with E-state index in [1.165, 1.54) is 0 Å². The fourth-order valence-corrected chi connectivity index (χ4v) is 1.38. The molecule has 0 aromatic carbocycles. The summed E-state index contributed by atoms with van der Waals surface area (Å²) in [4.78, 5) is 35.5. The van der Waals surface area contributed by atoms with Crippen LogP contribution in [0, 0.1) is 5.53 Å². The van der Waals surface area contributed by atoms with Crippen LogP contribution in [0.5, 0.6) is 0 Å². The summed E-state index contributed by atoms with van der Waals surface area (Å²) < 4.78 is 5.05. The van der Waals surface area contributed by atoms with Gasteiger partial charge >= 0.3 is 6.09 Å². The van der Waals surface area contributed by atoms with Crippen molar-refractivity contribution in [2.45, 2.75) is 32.4 Å². The average molecular weight is 241 g/mol. The Hall–Kier alpha value is -1.79. The quantitative estimate of drug-likeness (QED) is 0.541. The number of hydrogen-bond donors (Lipinski definition) is 1. The molecule has 0 aromatic rings. The summed E-state index contributed by atoms with van der Waals surface area (Å²) in [6, 6.07) is -1.26. The predicted octanol–water partition coefficient (Wildman–Crippen LogP) is 0.775. The van der Waals surface area contributed by atoms with Crippen LogP contribution in [0.15, 0.2) is 5.11 Å². The number of piperidine rings is 1. The summed E-state index contributed by atoms with van der Waals surface area (Å²) >= 11 is 0. The van der Waals surface area contributed by atoms with Crippen molar-refractivity contribution in [2.75, 3.05) is 13.1 Å². The highest BCUT2D eigenvalue weighted by molar-refractivity contribution is 6.11. The highest BCUT2D eigenvalue weighted by Crippen LogP contribution is 2.13. The maximum Gasteiger partial charge on any atom is 0.411 e. The van der Waals surface area contributed by atoms with Crippen LogP contribution >= 0.6 is 0 Å². The van der Waals surface area contributed by atoms with E-state index in [2.05, 4.69) is 5.11 Å². The number of carbonyl (C=O) groups is 3. The van der Waals surface area contributed by atoms with Crippen LogP contribution < -0.4 is 0 Å². The van der Waals surface area contributed by atoms with Gasteiger partial charge in [-0.1, -0.05) is 0 Å². The molecule has 0 saturated carbocycles. The number of ketones is 2. The molecule has 0 atom stereocenters. The maximum atomic E-state index is 11.6. The van der Waals surface area contributed by atoms with E-state index in [9.17, 15) is 14.4 Å². The molecule has 0 bridgehead atoms. The van der Waals surface area contributed by atoms with E-state index in [0.717, 1.165) is 4.90 Å². The molecule has 94 valence electrons. The molecule has 7 heteroatoms. The molecule has 1 heterocycles. The van der Waals surface area contributed by atoms with Crippen molar-refractivity contribution in [3.05, 3.63) is 0 Å². The molecule has 1 rings (SSSR count). The summed E-state index contributed by atoms with van der Waals surface area (Å²) in [6.45, 7) is 4.60. The molecule has 1 fully saturated rings. The summed E-state index contributed by atoms with van der Waals surface area (Å²) in [5, 5.41) is 2.95. The van der Waals surface area contributed by atoms with Gasteiger partial charge in [-0.25, -0.2) is 10.3 Å². The van der Waals surface area contributed by atoms with Gasteiger partial charge in [0.05, 0.1) is 13.1 Å². The zero-order valence-corrected chi connectivity index (χ0v) is 10.0. The Balaban J connectivity index is 2.70. The molecular formula is C10H15N3O4. The Morgan fingerprint density at radius 3 is 2.18 bits per heavy atom. The van der Waals surface area contributed by atoms with E-state index in [0.29, 0.717) is 0 Å². The van der Waals surface area contributed by atoms with Crippen molar-refractivity contribution in [1.29, 1.82) is 5.53 Å². The smallest absolute Gasteiger partial charge is 0.411 e. The first kappa shape index (κ1) is 13.3. The third-order valence-corrected chi connectivity index (χ3v) is 2.08. The molecule has 7 nitrogen and oxygen atoms in total. The lowest BCUT2D eigenvalue weighted by Gasteiger charge is -2.30. The fourth-order valence-electron chi connectivity index (χ4n) is 1.38. The van der Waals surface area contributed by atoms with Gasteiger partial charge in [0.25, 0.3) is 0 Å². The first-order valence-electron chi connectivity index (χ1n) is 5.14. The minimum atomic E-state index is -1.26. The molecular weight excluding hydrogens is 226 g/mol. The van der Waals surface area contributed by atoms with Gasteiger partial charge in [0.1, 0.15) is 5.60 Å².